The number of aryl methyl sites for hydroxylation is 2. The van der Waals surface area contributed by atoms with Crippen LogP contribution in [0.1, 0.15) is 49.4 Å². The van der Waals surface area contributed by atoms with E-state index in [4.69, 9.17) is 4.42 Å². The summed E-state index contributed by atoms with van der Waals surface area (Å²) in [6.07, 6.45) is 6.86. The number of nitrogens with zero attached hydrogens (tertiary/aromatic N) is 3. The molecule has 128 valence electrons. The van der Waals surface area contributed by atoms with Crippen LogP contribution in [0.5, 0.6) is 0 Å². The van der Waals surface area contributed by atoms with Gasteiger partial charge >= 0.3 is 0 Å². The molecule has 1 aliphatic heterocycles. The van der Waals surface area contributed by atoms with Gasteiger partial charge in [0, 0.05) is 30.6 Å². The van der Waals surface area contributed by atoms with Crippen molar-refractivity contribution in [2.45, 2.75) is 57.2 Å². The van der Waals surface area contributed by atoms with Gasteiger partial charge in [-0.3, -0.25) is 4.99 Å². The Morgan fingerprint density at radius 1 is 1.35 bits per heavy atom. The van der Waals surface area contributed by atoms with Crippen molar-refractivity contribution in [3.8, 4) is 0 Å². The lowest BCUT2D eigenvalue weighted by atomic mass is 9.87. The summed E-state index contributed by atoms with van der Waals surface area (Å²) in [5.74, 6) is 3.80. The average molecular weight is 337 g/mol. The van der Waals surface area contributed by atoms with Gasteiger partial charge in [-0.25, -0.2) is 4.98 Å². The SMILES string of the molecule is CN=C(NCc1nc(C)c(C)o1)N1CCSC2(CCCCC2)C1. The van der Waals surface area contributed by atoms with Crippen LogP contribution >= 0.6 is 11.8 Å². The first kappa shape index (κ1) is 16.7. The molecule has 5 nitrogen and oxygen atoms in total. The molecular weight excluding hydrogens is 308 g/mol. The lowest BCUT2D eigenvalue weighted by Gasteiger charge is -2.45. The van der Waals surface area contributed by atoms with Crippen molar-refractivity contribution in [1.82, 2.24) is 15.2 Å². The maximum Gasteiger partial charge on any atom is 0.214 e. The summed E-state index contributed by atoms with van der Waals surface area (Å²) >= 11 is 2.18. The standard InChI is InChI=1S/C17H28N4OS/c1-13-14(2)22-15(20-13)11-19-16(18-3)21-9-10-23-17(12-21)7-5-4-6-8-17/h4-12H2,1-3H3,(H,18,19). The van der Waals surface area contributed by atoms with E-state index in [9.17, 15) is 0 Å². The number of aromatic nitrogens is 1. The molecule has 2 fully saturated rings. The number of nitrogens with one attached hydrogen (secondary N) is 1. The Kier molecular flexibility index (Phi) is 5.19. The second kappa shape index (κ2) is 7.16. The molecule has 1 aromatic heterocycles. The molecule has 0 unspecified atom stereocenters. The molecule has 6 heteroatoms. The molecule has 0 aromatic carbocycles. The lowest BCUT2D eigenvalue weighted by Crippen LogP contribution is -2.53. The summed E-state index contributed by atoms with van der Waals surface area (Å²) in [4.78, 5) is 11.3. The van der Waals surface area contributed by atoms with Crippen molar-refractivity contribution in [2.24, 2.45) is 4.99 Å². The summed E-state index contributed by atoms with van der Waals surface area (Å²) in [7, 11) is 1.86. The summed E-state index contributed by atoms with van der Waals surface area (Å²) in [6, 6.07) is 0. The maximum absolute atomic E-state index is 5.66. The molecule has 23 heavy (non-hydrogen) atoms. The van der Waals surface area contributed by atoms with Crippen molar-refractivity contribution < 1.29 is 4.42 Å². The molecule has 0 radical (unpaired) electrons. The van der Waals surface area contributed by atoms with Crippen molar-refractivity contribution in [3.63, 3.8) is 0 Å². The van der Waals surface area contributed by atoms with E-state index >= 15 is 0 Å². The van der Waals surface area contributed by atoms with Gasteiger partial charge in [0.15, 0.2) is 5.96 Å². The third-order valence-electron chi connectivity index (χ3n) is 5.00. The smallest absolute Gasteiger partial charge is 0.214 e. The monoisotopic (exact) mass is 336 g/mol. The molecule has 0 amide bonds. The van der Waals surface area contributed by atoms with Crippen molar-refractivity contribution in [3.05, 3.63) is 17.3 Å². The molecule has 1 saturated carbocycles. The molecule has 1 aromatic rings. The second-order valence-corrected chi connectivity index (χ2v) is 8.23. The van der Waals surface area contributed by atoms with Gasteiger partial charge in [0.05, 0.1) is 12.2 Å². The molecule has 1 aliphatic carbocycles. The van der Waals surface area contributed by atoms with E-state index in [2.05, 4.69) is 32.0 Å². The Labute approximate surface area is 143 Å². The van der Waals surface area contributed by atoms with Crippen LogP contribution in [0.15, 0.2) is 9.41 Å². The van der Waals surface area contributed by atoms with Gasteiger partial charge < -0.3 is 14.6 Å². The molecule has 1 spiro atoms. The maximum atomic E-state index is 5.66. The van der Waals surface area contributed by atoms with E-state index in [0.717, 1.165) is 36.4 Å². The van der Waals surface area contributed by atoms with Gasteiger partial charge in [-0.15, -0.1) is 0 Å². The fourth-order valence-electron chi connectivity index (χ4n) is 3.63. The molecule has 3 rings (SSSR count). The molecule has 0 bridgehead atoms. The molecule has 2 aliphatic rings. The number of oxazole rings is 1. The van der Waals surface area contributed by atoms with E-state index in [-0.39, 0.29) is 0 Å². The highest BCUT2D eigenvalue weighted by molar-refractivity contribution is 8.00. The zero-order chi connectivity index (χ0) is 16.3. The number of guanidine groups is 1. The van der Waals surface area contributed by atoms with Gasteiger partial charge in [0.1, 0.15) is 5.76 Å². The van der Waals surface area contributed by atoms with Crippen molar-refractivity contribution >= 4 is 17.7 Å². The van der Waals surface area contributed by atoms with Crippen LogP contribution < -0.4 is 5.32 Å². The van der Waals surface area contributed by atoms with Crippen LogP contribution in [0.3, 0.4) is 0 Å². The minimum atomic E-state index is 0.449. The van der Waals surface area contributed by atoms with E-state index in [1.807, 2.05) is 20.9 Å². The molecule has 1 N–H and O–H groups in total. The first-order chi connectivity index (χ1) is 11.1. The Morgan fingerprint density at radius 2 is 2.13 bits per heavy atom. The highest BCUT2D eigenvalue weighted by Crippen LogP contribution is 2.42. The molecule has 2 heterocycles. The number of aliphatic imine (C=N–C) groups is 1. The van der Waals surface area contributed by atoms with E-state index in [0.29, 0.717) is 11.3 Å². The summed E-state index contributed by atoms with van der Waals surface area (Å²) in [6.45, 7) is 6.70. The fraction of sp³-hybridized carbons (Fsp3) is 0.765. The Balaban J connectivity index is 1.61. The first-order valence-electron chi connectivity index (χ1n) is 8.64. The van der Waals surface area contributed by atoms with E-state index < -0.39 is 0 Å². The topological polar surface area (TPSA) is 53.7 Å². The van der Waals surface area contributed by atoms with Crippen molar-refractivity contribution in [2.75, 3.05) is 25.9 Å². The minimum Gasteiger partial charge on any atom is -0.444 e. The predicted molar refractivity (Wildman–Crippen MR) is 96.0 cm³/mol. The quantitative estimate of drug-likeness (QED) is 0.664. The third-order valence-corrected chi connectivity index (χ3v) is 6.53. The van der Waals surface area contributed by atoms with Gasteiger partial charge in [-0.05, 0) is 26.7 Å². The highest BCUT2D eigenvalue weighted by atomic mass is 32.2. The third kappa shape index (κ3) is 3.84. The fourth-order valence-corrected chi connectivity index (χ4v) is 5.20. The first-order valence-corrected chi connectivity index (χ1v) is 9.63. The van der Waals surface area contributed by atoms with Gasteiger partial charge in [0.25, 0.3) is 0 Å². The largest absolute Gasteiger partial charge is 0.444 e. The zero-order valence-corrected chi connectivity index (χ0v) is 15.3. The van der Waals surface area contributed by atoms with Gasteiger partial charge in [-0.2, -0.15) is 11.8 Å². The van der Waals surface area contributed by atoms with Crippen LogP contribution in [0.25, 0.3) is 0 Å². The predicted octanol–water partition coefficient (Wildman–Crippen LogP) is 3.12. The number of rotatable bonds is 2. The van der Waals surface area contributed by atoms with Crippen LogP contribution in [0.4, 0.5) is 0 Å². The van der Waals surface area contributed by atoms with Crippen LogP contribution in [-0.4, -0.2) is 46.5 Å². The Morgan fingerprint density at radius 3 is 2.78 bits per heavy atom. The Hall–Kier alpha value is -1.17. The van der Waals surface area contributed by atoms with Gasteiger partial charge in [0.2, 0.25) is 5.89 Å². The zero-order valence-electron chi connectivity index (χ0n) is 14.5. The van der Waals surface area contributed by atoms with Gasteiger partial charge in [-0.1, -0.05) is 19.3 Å². The molecule has 1 saturated heterocycles. The molecule has 0 atom stereocenters. The average Bonchev–Trinajstić information content (AvgIpc) is 2.87. The normalized spacial score (nSPS) is 21.7. The van der Waals surface area contributed by atoms with Crippen molar-refractivity contribution in [1.29, 1.82) is 0 Å². The second-order valence-electron chi connectivity index (χ2n) is 6.66. The molecular formula is C17H28N4OS. The number of hydrogen-bond acceptors (Lipinski definition) is 4. The Bertz CT molecular complexity index is 538. The van der Waals surface area contributed by atoms with E-state index in [1.165, 1.54) is 37.9 Å². The number of hydrogen-bond donors (Lipinski definition) is 1. The summed E-state index contributed by atoms with van der Waals surface area (Å²) in [5, 5.41) is 3.43. The van der Waals surface area contributed by atoms with E-state index in [1.54, 1.807) is 0 Å². The van der Waals surface area contributed by atoms with Crippen LogP contribution in [0.2, 0.25) is 0 Å². The minimum absolute atomic E-state index is 0.449. The van der Waals surface area contributed by atoms with Crippen LogP contribution in [0, 0.1) is 13.8 Å². The lowest BCUT2D eigenvalue weighted by molar-refractivity contribution is 0.292. The summed E-state index contributed by atoms with van der Waals surface area (Å²) < 4.78 is 6.10. The highest BCUT2D eigenvalue weighted by Gasteiger charge is 2.38. The van der Waals surface area contributed by atoms with Crippen LogP contribution in [-0.2, 0) is 6.54 Å². The number of thioether (sulfide) groups is 1. The summed E-state index contributed by atoms with van der Waals surface area (Å²) in [5.41, 5.74) is 0.965.